The molecule has 0 aromatic heterocycles. The molecule has 0 saturated carbocycles. The molecule has 0 heterocycles. The fourth-order valence-electron chi connectivity index (χ4n) is 2.19. The summed E-state index contributed by atoms with van der Waals surface area (Å²) in [4.78, 5) is 11.8. The van der Waals surface area contributed by atoms with Crippen molar-refractivity contribution in [2.24, 2.45) is 0 Å². The molecular formula is C16H24O2. The van der Waals surface area contributed by atoms with Gasteiger partial charge in [0.2, 0.25) is 0 Å². The predicted molar refractivity (Wildman–Crippen MR) is 74.9 cm³/mol. The zero-order chi connectivity index (χ0) is 13.9. The van der Waals surface area contributed by atoms with Crippen molar-refractivity contribution in [3.05, 3.63) is 34.9 Å². The molecule has 100 valence electrons. The van der Waals surface area contributed by atoms with Crippen LogP contribution < -0.4 is 0 Å². The second kappa shape index (κ2) is 5.55. The first kappa shape index (κ1) is 14.7. The van der Waals surface area contributed by atoms with Gasteiger partial charge in [-0.25, -0.2) is 0 Å². The topological polar surface area (TPSA) is 26.3 Å². The molecule has 0 aliphatic carbocycles. The van der Waals surface area contributed by atoms with Crippen molar-refractivity contribution in [2.45, 2.75) is 52.4 Å². The highest BCUT2D eigenvalue weighted by atomic mass is 16.5. The van der Waals surface area contributed by atoms with Gasteiger partial charge in [0.15, 0.2) is 0 Å². The lowest BCUT2D eigenvalue weighted by molar-refractivity contribution is -0.142. The molecule has 0 radical (unpaired) electrons. The molecule has 0 saturated heterocycles. The number of esters is 1. The van der Waals surface area contributed by atoms with Gasteiger partial charge >= 0.3 is 5.97 Å². The molecule has 0 fully saturated rings. The van der Waals surface area contributed by atoms with E-state index in [0.29, 0.717) is 0 Å². The lowest BCUT2D eigenvalue weighted by Gasteiger charge is -2.22. The van der Waals surface area contributed by atoms with E-state index >= 15 is 0 Å². The Hall–Kier alpha value is -1.31. The van der Waals surface area contributed by atoms with Crippen molar-refractivity contribution in [2.75, 3.05) is 7.11 Å². The number of methoxy groups -OCH3 is 1. The Morgan fingerprint density at radius 3 is 2.33 bits per heavy atom. The first-order chi connectivity index (χ1) is 8.31. The van der Waals surface area contributed by atoms with Crippen molar-refractivity contribution < 1.29 is 9.53 Å². The van der Waals surface area contributed by atoms with Crippen LogP contribution in [0.3, 0.4) is 0 Å². The summed E-state index contributed by atoms with van der Waals surface area (Å²) >= 11 is 0. The summed E-state index contributed by atoms with van der Waals surface area (Å²) in [6, 6.07) is 6.37. The average molecular weight is 248 g/mol. The number of carbonyl (C=O) groups is 1. The van der Waals surface area contributed by atoms with Crippen molar-refractivity contribution in [1.29, 1.82) is 0 Å². The van der Waals surface area contributed by atoms with Crippen LogP contribution in [0.1, 0.15) is 56.7 Å². The minimum absolute atomic E-state index is 0.135. The van der Waals surface area contributed by atoms with Crippen molar-refractivity contribution in [3.63, 3.8) is 0 Å². The van der Waals surface area contributed by atoms with Crippen LogP contribution >= 0.6 is 0 Å². The number of rotatable bonds is 3. The molecule has 1 atom stereocenters. The Morgan fingerprint density at radius 2 is 1.94 bits per heavy atom. The van der Waals surface area contributed by atoms with E-state index in [2.05, 4.69) is 45.9 Å². The van der Waals surface area contributed by atoms with E-state index < -0.39 is 0 Å². The number of hydrogen-bond donors (Lipinski definition) is 0. The normalized spacial score (nSPS) is 13.2. The monoisotopic (exact) mass is 248 g/mol. The molecular weight excluding hydrogens is 224 g/mol. The van der Waals surface area contributed by atoms with Gasteiger partial charge in [0.25, 0.3) is 0 Å². The fraction of sp³-hybridized carbons (Fsp3) is 0.562. The molecule has 2 heteroatoms. The van der Waals surface area contributed by atoms with Crippen molar-refractivity contribution in [3.8, 4) is 0 Å². The molecule has 0 bridgehead atoms. The van der Waals surface area contributed by atoms with Gasteiger partial charge < -0.3 is 4.74 Å². The van der Waals surface area contributed by atoms with Gasteiger partial charge in [-0.3, -0.25) is 4.79 Å². The van der Waals surface area contributed by atoms with Gasteiger partial charge in [0.05, 0.1) is 13.0 Å². The molecule has 0 spiro atoms. The highest BCUT2D eigenvalue weighted by molar-refractivity contribution is 5.78. The third-order valence-electron chi connectivity index (χ3n) is 3.41. The molecule has 1 aromatic carbocycles. The van der Waals surface area contributed by atoms with E-state index in [1.807, 2.05) is 6.92 Å². The smallest absolute Gasteiger partial charge is 0.313 e. The molecule has 1 rings (SSSR count). The van der Waals surface area contributed by atoms with E-state index in [9.17, 15) is 4.79 Å². The van der Waals surface area contributed by atoms with Crippen LogP contribution in [0, 0.1) is 6.92 Å². The minimum atomic E-state index is -0.149. The Kier molecular flexibility index (Phi) is 4.55. The Bertz CT molecular complexity index is 427. The maximum absolute atomic E-state index is 11.8. The van der Waals surface area contributed by atoms with Gasteiger partial charge in [-0.15, -0.1) is 0 Å². The van der Waals surface area contributed by atoms with Gasteiger partial charge in [0, 0.05) is 0 Å². The van der Waals surface area contributed by atoms with E-state index in [0.717, 1.165) is 12.0 Å². The third kappa shape index (κ3) is 3.12. The Balaban J connectivity index is 3.16. The van der Waals surface area contributed by atoms with E-state index in [1.54, 1.807) is 0 Å². The average Bonchev–Trinajstić information content (AvgIpc) is 2.30. The summed E-state index contributed by atoms with van der Waals surface area (Å²) in [7, 11) is 1.45. The van der Waals surface area contributed by atoms with E-state index in [4.69, 9.17) is 4.74 Å². The maximum atomic E-state index is 11.8. The zero-order valence-electron chi connectivity index (χ0n) is 12.3. The summed E-state index contributed by atoms with van der Waals surface area (Å²) < 4.78 is 4.87. The highest BCUT2D eigenvalue weighted by Crippen LogP contribution is 2.29. The molecule has 0 N–H and O–H groups in total. The number of carbonyl (C=O) groups excluding carboxylic acids is 1. The second-order valence-corrected chi connectivity index (χ2v) is 5.81. The molecule has 18 heavy (non-hydrogen) atoms. The molecule has 0 aliphatic rings. The Morgan fingerprint density at radius 1 is 1.33 bits per heavy atom. The molecule has 2 nitrogen and oxygen atoms in total. The SMILES string of the molecule is CCC(C(=O)OC)c1ccc(C(C)(C)C)cc1C. The van der Waals surface area contributed by atoms with Gasteiger partial charge in [-0.1, -0.05) is 45.9 Å². The molecule has 1 unspecified atom stereocenters. The number of aryl methyl sites for hydroxylation is 1. The van der Waals surface area contributed by atoms with Crippen LogP contribution in [0.4, 0.5) is 0 Å². The first-order valence-electron chi connectivity index (χ1n) is 6.50. The van der Waals surface area contributed by atoms with Gasteiger partial charge in [-0.2, -0.15) is 0 Å². The van der Waals surface area contributed by atoms with Crippen LogP contribution in [-0.4, -0.2) is 13.1 Å². The fourth-order valence-corrected chi connectivity index (χ4v) is 2.19. The van der Waals surface area contributed by atoms with Gasteiger partial charge in [-0.05, 0) is 35.4 Å². The van der Waals surface area contributed by atoms with Crippen LogP contribution in [0.15, 0.2) is 18.2 Å². The summed E-state index contributed by atoms with van der Waals surface area (Å²) in [5.41, 5.74) is 3.68. The number of hydrogen-bond acceptors (Lipinski definition) is 2. The van der Waals surface area contributed by atoms with E-state index in [-0.39, 0.29) is 17.3 Å². The highest BCUT2D eigenvalue weighted by Gasteiger charge is 2.22. The summed E-state index contributed by atoms with van der Waals surface area (Å²) in [5, 5.41) is 0. The van der Waals surface area contributed by atoms with Crippen LogP contribution in [-0.2, 0) is 14.9 Å². The lowest BCUT2D eigenvalue weighted by atomic mass is 9.83. The van der Waals surface area contributed by atoms with Crippen LogP contribution in [0.25, 0.3) is 0 Å². The third-order valence-corrected chi connectivity index (χ3v) is 3.41. The van der Waals surface area contributed by atoms with Gasteiger partial charge in [0.1, 0.15) is 0 Å². The lowest BCUT2D eigenvalue weighted by Crippen LogP contribution is -2.16. The second-order valence-electron chi connectivity index (χ2n) is 5.81. The standard InChI is InChI=1S/C16H24O2/c1-7-13(15(17)18-6)14-9-8-12(10-11(14)2)16(3,4)5/h8-10,13H,7H2,1-6H3. The first-order valence-corrected chi connectivity index (χ1v) is 6.50. The number of benzene rings is 1. The molecule has 0 aliphatic heterocycles. The molecule has 1 aromatic rings. The summed E-state index contributed by atoms with van der Waals surface area (Å²) in [5.74, 6) is -0.298. The Labute approximate surface area is 110 Å². The quantitative estimate of drug-likeness (QED) is 0.757. The van der Waals surface area contributed by atoms with E-state index in [1.165, 1.54) is 18.2 Å². The maximum Gasteiger partial charge on any atom is 0.313 e. The summed E-state index contributed by atoms with van der Waals surface area (Å²) in [6.45, 7) is 10.7. The number of ether oxygens (including phenoxy) is 1. The largest absolute Gasteiger partial charge is 0.469 e. The van der Waals surface area contributed by atoms with Crippen LogP contribution in [0.5, 0.6) is 0 Å². The zero-order valence-corrected chi connectivity index (χ0v) is 12.3. The van der Waals surface area contributed by atoms with Crippen molar-refractivity contribution in [1.82, 2.24) is 0 Å². The predicted octanol–water partition coefficient (Wildman–Crippen LogP) is 3.96. The molecule has 0 amide bonds. The van der Waals surface area contributed by atoms with Crippen molar-refractivity contribution >= 4 is 5.97 Å². The van der Waals surface area contributed by atoms with Crippen LogP contribution in [0.2, 0.25) is 0 Å². The summed E-state index contributed by atoms with van der Waals surface area (Å²) in [6.07, 6.45) is 0.766. The minimum Gasteiger partial charge on any atom is -0.469 e.